The Labute approximate surface area is 170 Å². The number of hydrogen-bond donors (Lipinski definition) is 2. The molecule has 156 valence electrons. The van der Waals surface area contributed by atoms with Crippen molar-refractivity contribution in [3.8, 4) is 0 Å². The number of benzene rings is 1. The summed E-state index contributed by atoms with van der Waals surface area (Å²) in [6.45, 7) is 6.45. The van der Waals surface area contributed by atoms with E-state index in [9.17, 15) is 9.59 Å². The van der Waals surface area contributed by atoms with Gasteiger partial charge in [-0.3, -0.25) is 9.59 Å². The third-order valence-corrected chi connectivity index (χ3v) is 5.66. The van der Waals surface area contributed by atoms with E-state index in [0.717, 1.165) is 25.7 Å². The molecule has 0 aliphatic heterocycles. The Hall–Kier alpha value is -1.84. The topological polar surface area (TPSA) is 58.2 Å². The summed E-state index contributed by atoms with van der Waals surface area (Å²) in [5.74, 6) is -1.09. The maximum atomic E-state index is 12.4. The molecule has 4 nitrogen and oxygen atoms in total. The molecule has 0 aromatic heterocycles. The fourth-order valence-corrected chi connectivity index (χ4v) is 3.80. The lowest BCUT2D eigenvalue weighted by molar-refractivity contribution is -0.136. The molecule has 0 spiro atoms. The number of carbonyl (C=O) groups excluding carboxylic acids is 2. The zero-order chi connectivity index (χ0) is 20.4. The lowest BCUT2D eigenvalue weighted by Crippen LogP contribution is -2.41. The van der Waals surface area contributed by atoms with Crippen LogP contribution in [0.2, 0.25) is 0 Å². The summed E-state index contributed by atoms with van der Waals surface area (Å²) >= 11 is 0. The fraction of sp³-hybridized carbons (Fsp3) is 0.667. The van der Waals surface area contributed by atoms with Gasteiger partial charge in [-0.15, -0.1) is 0 Å². The van der Waals surface area contributed by atoms with Gasteiger partial charge in [0.05, 0.1) is 0 Å². The first kappa shape index (κ1) is 22.4. The Bertz CT molecular complexity index is 604. The summed E-state index contributed by atoms with van der Waals surface area (Å²) in [5.41, 5.74) is 1.92. The highest BCUT2D eigenvalue weighted by molar-refractivity contribution is 6.39. The highest BCUT2D eigenvalue weighted by atomic mass is 16.2. The summed E-state index contributed by atoms with van der Waals surface area (Å²) in [6, 6.07) is 7.84. The molecule has 0 bridgehead atoms. The van der Waals surface area contributed by atoms with E-state index in [-0.39, 0.29) is 11.5 Å². The van der Waals surface area contributed by atoms with Crippen LogP contribution >= 0.6 is 0 Å². The summed E-state index contributed by atoms with van der Waals surface area (Å²) in [7, 11) is 0. The molecule has 1 saturated carbocycles. The first-order chi connectivity index (χ1) is 13.4. The first-order valence-corrected chi connectivity index (χ1v) is 11.1. The van der Waals surface area contributed by atoms with Crippen LogP contribution in [0.3, 0.4) is 0 Å². The number of hydrogen-bond acceptors (Lipinski definition) is 2. The maximum Gasteiger partial charge on any atom is 0.313 e. The SMILES string of the molecule is CC(C)(C)c1ccc(NC(=O)C(=O)NC2CCCCCCCCCCC2)cc1. The van der Waals surface area contributed by atoms with Crippen LogP contribution in [0, 0.1) is 0 Å². The van der Waals surface area contributed by atoms with E-state index in [2.05, 4.69) is 31.4 Å². The van der Waals surface area contributed by atoms with Crippen molar-refractivity contribution in [1.29, 1.82) is 0 Å². The number of carbonyl (C=O) groups is 2. The highest BCUT2D eigenvalue weighted by Gasteiger charge is 2.19. The summed E-state index contributed by atoms with van der Waals surface area (Å²) in [4.78, 5) is 24.7. The molecule has 0 atom stereocenters. The van der Waals surface area contributed by atoms with Crippen molar-refractivity contribution in [2.24, 2.45) is 0 Å². The second kappa shape index (κ2) is 11.2. The van der Waals surface area contributed by atoms with Gasteiger partial charge >= 0.3 is 11.8 Å². The van der Waals surface area contributed by atoms with E-state index in [1.165, 1.54) is 50.5 Å². The minimum atomic E-state index is -0.574. The molecule has 28 heavy (non-hydrogen) atoms. The molecule has 4 heteroatoms. The zero-order valence-corrected chi connectivity index (χ0v) is 18.0. The predicted octanol–water partition coefficient (Wildman–Crippen LogP) is 5.71. The van der Waals surface area contributed by atoms with E-state index < -0.39 is 11.8 Å². The first-order valence-electron chi connectivity index (χ1n) is 11.1. The lowest BCUT2D eigenvalue weighted by atomic mass is 9.87. The minimum absolute atomic E-state index is 0.0631. The van der Waals surface area contributed by atoms with Crippen LogP contribution in [0.15, 0.2) is 24.3 Å². The predicted molar refractivity (Wildman–Crippen MR) is 116 cm³/mol. The van der Waals surface area contributed by atoms with Crippen molar-refractivity contribution in [3.05, 3.63) is 29.8 Å². The molecule has 0 radical (unpaired) electrons. The van der Waals surface area contributed by atoms with Crippen LogP contribution in [-0.4, -0.2) is 17.9 Å². The van der Waals surface area contributed by atoms with Gasteiger partial charge in [-0.05, 0) is 36.0 Å². The normalized spacial score (nSPS) is 17.8. The van der Waals surface area contributed by atoms with Crippen LogP contribution in [0.1, 0.15) is 97.0 Å². The van der Waals surface area contributed by atoms with Gasteiger partial charge in [0.15, 0.2) is 0 Å². The number of anilines is 1. The molecule has 0 heterocycles. The molecular weight excluding hydrogens is 348 g/mol. The maximum absolute atomic E-state index is 12.4. The second-order valence-corrected chi connectivity index (χ2v) is 9.21. The van der Waals surface area contributed by atoms with Gasteiger partial charge in [-0.1, -0.05) is 90.7 Å². The zero-order valence-electron chi connectivity index (χ0n) is 18.0. The van der Waals surface area contributed by atoms with Gasteiger partial charge in [0.2, 0.25) is 0 Å². The van der Waals surface area contributed by atoms with Crippen LogP contribution < -0.4 is 10.6 Å². The third-order valence-electron chi connectivity index (χ3n) is 5.66. The average molecular weight is 387 g/mol. The molecule has 1 aromatic carbocycles. The Kier molecular flexibility index (Phi) is 9.01. The largest absolute Gasteiger partial charge is 0.345 e. The third kappa shape index (κ3) is 8.04. The van der Waals surface area contributed by atoms with Gasteiger partial charge in [0.25, 0.3) is 0 Å². The molecule has 2 amide bonds. The van der Waals surface area contributed by atoms with E-state index in [4.69, 9.17) is 0 Å². The summed E-state index contributed by atoms with van der Waals surface area (Å²) in [6.07, 6.45) is 13.2. The quantitative estimate of drug-likeness (QED) is 0.639. The van der Waals surface area contributed by atoms with Crippen molar-refractivity contribution in [2.45, 2.75) is 103 Å². The molecule has 0 saturated heterocycles. The lowest BCUT2D eigenvalue weighted by Gasteiger charge is -2.20. The molecule has 1 aromatic rings. The molecule has 0 unspecified atom stereocenters. The summed E-state index contributed by atoms with van der Waals surface area (Å²) in [5, 5.41) is 5.70. The minimum Gasteiger partial charge on any atom is -0.345 e. The monoisotopic (exact) mass is 386 g/mol. The Morgan fingerprint density at radius 2 is 1.21 bits per heavy atom. The Balaban J connectivity index is 1.85. The van der Waals surface area contributed by atoms with Crippen LogP contribution in [0.25, 0.3) is 0 Å². The summed E-state index contributed by atoms with van der Waals surface area (Å²) < 4.78 is 0. The Morgan fingerprint density at radius 1 is 0.750 bits per heavy atom. The van der Waals surface area contributed by atoms with Gasteiger partial charge in [0.1, 0.15) is 0 Å². The van der Waals surface area contributed by atoms with Crippen LogP contribution in [0.4, 0.5) is 5.69 Å². The second-order valence-electron chi connectivity index (χ2n) is 9.21. The van der Waals surface area contributed by atoms with Crippen LogP contribution in [0.5, 0.6) is 0 Å². The average Bonchev–Trinajstić information content (AvgIpc) is 2.63. The van der Waals surface area contributed by atoms with E-state index >= 15 is 0 Å². The number of rotatable bonds is 2. The molecule has 1 fully saturated rings. The fourth-order valence-electron chi connectivity index (χ4n) is 3.80. The van der Waals surface area contributed by atoms with Gasteiger partial charge in [-0.2, -0.15) is 0 Å². The Morgan fingerprint density at radius 3 is 1.68 bits per heavy atom. The molecule has 1 aliphatic rings. The van der Waals surface area contributed by atoms with Crippen molar-refractivity contribution >= 4 is 17.5 Å². The van der Waals surface area contributed by atoms with Crippen LogP contribution in [-0.2, 0) is 15.0 Å². The number of nitrogens with one attached hydrogen (secondary N) is 2. The van der Waals surface area contributed by atoms with Gasteiger partial charge in [-0.25, -0.2) is 0 Å². The van der Waals surface area contributed by atoms with E-state index in [1.807, 2.05) is 24.3 Å². The van der Waals surface area contributed by atoms with Gasteiger partial charge in [0, 0.05) is 11.7 Å². The van der Waals surface area contributed by atoms with Crippen molar-refractivity contribution in [2.75, 3.05) is 5.32 Å². The van der Waals surface area contributed by atoms with Crippen molar-refractivity contribution in [3.63, 3.8) is 0 Å². The van der Waals surface area contributed by atoms with E-state index in [0.29, 0.717) is 5.69 Å². The number of amides is 2. The van der Waals surface area contributed by atoms with Gasteiger partial charge < -0.3 is 10.6 Å². The standard InChI is InChI=1S/C24H38N2O2/c1-24(2,3)19-15-17-21(18-16-19)26-23(28)22(27)25-20-13-11-9-7-5-4-6-8-10-12-14-20/h15-18,20H,4-14H2,1-3H3,(H,25,27)(H,26,28). The van der Waals surface area contributed by atoms with E-state index in [1.54, 1.807) is 0 Å². The molecule has 2 N–H and O–H groups in total. The van der Waals surface area contributed by atoms with Crippen molar-refractivity contribution in [1.82, 2.24) is 5.32 Å². The molecule has 2 rings (SSSR count). The molecular formula is C24H38N2O2. The van der Waals surface area contributed by atoms with Crippen molar-refractivity contribution < 1.29 is 9.59 Å². The smallest absolute Gasteiger partial charge is 0.313 e. The highest BCUT2D eigenvalue weighted by Crippen LogP contribution is 2.23. The molecule has 1 aliphatic carbocycles.